The van der Waals surface area contributed by atoms with Crippen LogP contribution in [0.25, 0.3) is 0 Å². The molecule has 0 N–H and O–H groups in total. The van der Waals surface area contributed by atoms with Gasteiger partial charge in [-0.1, -0.05) is 11.8 Å². The van der Waals surface area contributed by atoms with Crippen LogP contribution in [0, 0.1) is 21.6 Å². The zero-order chi connectivity index (χ0) is 23.0. The summed E-state index contributed by atoms with van der Waals surface area (Å²) in [6, 6.07) is 7.28. The Kier molecular flexibility index (Phi) is 8.65. The van der Waals surface area contributed by atoms with Crippen molar-refractivity contribution in [3.8, 4) is 6.19 Å². The molecule has 0 aliphatic carbocycles. The molecular formula is C19H18N4O6S2. The molecule has 10 nitrogen and oxygen atoms in total. The van der Waals surface area contributed by atoms with E-state index in [1.807, 2.05) is 0 Å². The van der Waals surface area contributed by atoms with Crippen LogP contribution in [0.1, 0.15) is 18.2 Å². The second-order valence-corrected chi connectivity index (χ2v) is 8.39. The SMILES string of the molecule is CC(=O)Sc1cc(CSCC(=O)N(C)C#N)n(C(=O)OCc2ccc([N+](=O)[O-])cc2)c1. The molecule has 2 aromatic rings. The van der Waals surface area contributed by atoms with E-state index in [1.54, 1.807) is 12.3 Å². The molecule has 1 heterocycles. The van der Waals surface area contributed by atoms with Gasteiger partial charge in [0.1, 0.15) is 6.61 Å². The van der Waals surface area contributed by atoms with E-state index < -0.39 is 11.0 Å². The Labute approximate surface area is 186 Å². The number of nitro benzene ring substituents is 1. The maximum absolute atomic E-state index is 12.6. The predicted octanol–water partition coefficient (Wildman–Crippen LogP) is 3.39. The Bertz CT molecular complexity index is 1030. The Morgan fingerprint density at radius 2 is 1.97 bits per heavy atom. The van der Waals surface area contributed by atoms with Crippen LogP contribution in [0.4, 0.5) is 10.5 Å². The van der Waals surface area contributed by atoms with Crippen LogP contribution in [0.3, 0.4) is 0 Å². The van der Waals surface area contributed by atoms with Gasteiger partial charge in [0.15, 0.2) is 11.3 Å². The highest BCUT2D eigenvalue weighted by molar-refractivity contribution is 8.13. The second-order valence-electron chi connectivity index (χ2n) is 6.15. The summed E-state index contributed by atoms with van der Waals surface area (Å²) in [5.41, 5.74) is 1.03. The predicted molar refractivity (Wildman–Crippen MR) is 114 cm³/mol. The van der Waals surface area contributed by atoms with Crippen molar-refractivity contribution in [1.29, 1.82) is 5.26 Å². The highest BCUT2D eigenvalue weighted by atomic mass is 32.2. The molecule has 1 amide bonds. The van der Waals surface area contributed by atoms with Gasteiger partial charge in [-0.3, -0.25) is 29.2 Å². The fourth-order valence-corrected chi connectivity index (χ4v) is 3.90. The van der Waals surface area contributed by atoms with E-state index in [0.717, 1.165) is 16.7 Å². The minimum atomic E-state index is -0.690. The van der Waals surface area contributed by atoms with Crippen LogP contribution >= 0.6 is 23.5 Å². The summed E-state index contributed by atoms with van der Waals surface area (Å²) in [4.78, 5) is 47.4. The molecule has 1 aromatic carbocycles. The molecule has 2 rings (SSSR count). The third-order valence-corrected chi connectivity index (χ3v) is 5.54. The summed E-state index contributed by atoms with van der Waals surface area (Å²) in [5, 5.41) is 19.3. The van der Waals surface area contributed by atoms with Crippen molar-refractivity contribution in [3.63, 3.8) is 0 Å². The number of carbonyl (C=O) groups is 3. The number of aromatic nitrogens is 1. The average molecular weight is 463 g/mol. The van der Waals surface area contributed by atoms with Crippen molar-refractivity contribution >= 4 is 46.3 Å². The summed E-state index contributed by atoms with van der Waals surface area (Å²) in [6.07, 6.45) is 2.51. The molecular weight excluding hydrogens is 444 g/mol. The topological polar surface area (TPSA) is 136 Å². The zero-order valence-corrected chi connectivity index (χ0v) is 18.3. The lowest BCUT2D eigenvalue weighted by atomic mass is 10.2. The number of rotatable bonds is 8. The summed E-state index contributed by atoms with van der Waals surface area (Å²) < 4.78 is 6.54. The molecule has 0 aliphatic heterocycles. The highest BCUT2D eigenvalue weighted by Gasteiger charge is 2.17. The molecule has 0 saturated heterocycles. The van der Waals surface area contributed by atoms with E-state index in [4.69, 9.17) is 10.00 Å². The van der Waals surface area contributed by atoms with E-state index in [0.29, 0.717) is 16.2 Å². The summed E-state index contributed by atoms with van der Waals surface area (Å²) in [6.45, 7) is 1.31. The summed E-state index contributed by atoms with van der Waals surface area (Å²) in [5.74, 6) is -0.0528. The van der Waals surface area contributed by atoms with Crippen molar-refractivity contribution in [2.24, 2.45) is 0 Å². The standard InChI is InChI=1S/C19H18N4O6S2/c1-13(24)31-17-7-16(10-30-11-18(25)21(2)12-20)22(8-17)19(26)29-9-14-3-5-15(6-4-14)23(27)28/h3-8H,9-11H2,1-2H3. The fourth-order valence-electron chi connectivity index (χ4n) is 2.31. The number of hydrogen-bond acceptors (Lipinski definition) is 9. The minimum absolute atomic E-state index is 0.0439. The Morgan fingerprint density at radius 1 is 1.29 bits per heavy atom. The molecule has 1 aromatic heterocycles. The van der Waals surface area contributed by atoms with Gasteiger partial charge in [0, 0.05) is 48.6 Å². The van der Waals surface area contributed by atoms with Gasteiger partial charge in [-0.25, -0.2) is 4.79 Å². The number of non-ortho nitro benzene ring substituents is 1. The number of benzene rings is 1. The largest absolute Gasteiger partial charge is 0.444 e. The van der Waals surface area contributed by atoms with Crippen LogP contribution in [-0.2, 0) is 26.7 Å². The van der Waals surface area contributed by atoms with Gasteiger partial charge >= 0.3 is 6.09 Å². The molecule has 0 saturated carbocycles. The molecule has 162 valence electrons. The molecule has 0 aliphatic rings. The van der Waals surface area contributed by atoms with E-state index in [9.17, 15) is 24.5 Å². The maximum Gasteiger partial charge on any atom is 0.418 e. The first kappa shape index (κ1) is 24.0. The molecule has 0 bridgehead atoms. The minimum Gasteiger partial charge on any atom is -0.444 e. The van der Waals surface area contributed by atoms with E-state index >= 15 is 0 Å². The molecule has 31 heavy (non-hydrogen) atoms. The first-order chi connectivity index (χ1) is 14.7. The number of amides is 1. The molecule has 12 heteroatoms. The molecule has 0 atom stereocenters. The third kappa shape index (κ3) is 7.16. The Morgan fingerprint density at radius 3 is 2.55 bits per heavy atom. The van der Waals surface area contributed by atoms with Crippen LogP contribution < -0.4 is 0 Å². The first-order valence-electron chi connectivity index (χ1n) is 8.75. The molecule has 0 radical (unpaired) electrons. The van der Waals surface area contributed by atoms with Crippen molar-refractivity contribution in [2.75, 3.05) is 12.8 Å². The van der Waals surface area contributed by atoms with E-state index in [-0.39, 0.29) is 34.8 Å². The van der Waals surface area contributed by atoms with Gasteiger partial charge < -0.3 is 4.74 Å². The average Bonchev–Trinajstić information content (AvgIpc) is 3.13. The van der Waals surface area contributed by atoms with Crippen molar-refractivity contribution in [1.82, 2.24) is 9.47 Å². The maximum atomic E-state index is 12.6. The van der Waals surface area contributed by atoms with Gasteiger partial charge in [0.2, 0.25) is 5.91 Å². The summed E-state index contributed by atoms with van der Waals surface area (Å²) in [7, 11) is 1.36. The van der Waals surface area contributed by atoms with Gasteiger partial charge in [0.05, 0.1) is 10.7 Å². The molecule has 0 unspecified atom stereocenters. The number of nitro groups is 1. The lowest BCUT2D eigenvalue weighted by Crippen LogP contribution is -2.23. The highest BCUT2D eigenvalue weighted by Crippen LogP contribution is 2.25. The van der Waals surface area contributed by atoms with Gasteiger partial charge in [-0.2, -0.15) is 5.26 Å². The lowest BCUT2D eigenvalue weighted by Gasteiger charge is -2.10. The Hall–Kier alpha value is -3.30. The number of ether oxygens (including phenoxy) is 1. The normalized spacial score (nSPS) is 10.2. The summed E-state index contributed by atoms with van der Waals surface area (Å²) >= 11 is 2.17. The first-order valence-corrected chi connectivity index (χ1v) is 10.7. The fraction of sp³-hybridized carbons (Fsp3) is 0.263. The van der Waals surface area contributed by atoms with Gasteiger partial charge in [0.25, 0.3) is 5.69 Å². The lowest BCUT2D eigenvalue weighted by molar-refractivity contribution is -0.384. The number of hydrogen-bond donors (Lipinski definition) is 0. The van der Waals surface area contributed by atoms with Crippen molar-refractivity contribution < 1.29 is 24.0 Å². The zero-order valence-electron chi connectivity index (χ0n) is 16.6. The molecule has 0 spiro atoms. The number of nitrogens with zero attached hydrogens (tertiary/aromatic N) is 4. The second kappa shape index (κ2) is 11.2. The van der Waals surface area contributed by atoms with E-state index in [2.05, 4.69) is 0 Å². The van der Waals surface area contributed by atoms with E-state index in [1.165, 1.54) is 60.8 Å². The quantitative estimate of drug-likeness (QED) is 0.190. The monoisotopic (exact) mass is 462 g/mol. The van der Waals surface area contributed by atoms with Crippen LogP contribution in [0.5, 0.6) is 0 Å². The number of nitriles is 1. The Balaban J connectivity index is 2.07. The van der Waals surface area contributed by atoms with Crippen LogP contribution in [0.2, 0.25) is 0 Å². The third-order valence-electron chi connectivity index (χ3n) is 3.84. The number of carbonyl (C=O) groups excluding carboxylic acids is 3. The smallest absolute Gasteiger partial charge is 0.418 e. The van der Waals surface area contributed by atoms with Gasteiger partial charge in [-0.15, -0.1) is 11.8 Å². The van der Waals surface area contributed by atoms with Crippen LogP contribution in [0.15, 0.2) is 41.4 Å². The van der Waals surface area contributed by atoms with Crippen molar-refractivity contribution in [2.45, 2.75) is 24.2 Å². The number of thioether (sulfide) groups is 2. The molecule has 0 fully saturated rings. The van der Waals surface area contributed by atoms with Crippen LogP contribution in [-0.4, -0.2) is 44.3 Å². The van der Waals surface area contributed by atoms with Gasteiger partial charge in [-0.05, 0) is 23.8 Å². The van der Waals surface area contributed by atoms with Crippen molar-refractivity contribution in [3.05, 3.63) is 57.9 Å².